The molecule has 0 bridgehead atoms. The average molecular weight is 521 g/mol. The van der Waals surface area contributed by atoms with E-state index in [4.69, 9.17) is 4.98 Å². The Morgan fingerprint density at radius 3 is 2.69 bits per heavy atom. The van der Waals surface area contributed by atoms with Crippen LogP contribution in [0.15, 0.2) is 23.2 Å². The highest BCUT2D eigenvalue weighted by Crippen LogP contribution is 2.46. The molecule has 1 atom stereocenters. The number of sulfonamides is 1. The first-order chi connectivity index (χ1) is 16.6. The van der Waals surface area contributed by atoms with Crippen molar-refractivity contribution in [3.05, 3.63) is 34.6 Å². The predicted molar refractivity (Wildman–Crippen MR) is 129 cm³/mol. The molecule has 0 unspecified atom stereocenters. The molecule has 2 fully saturated rings. The van der Waals surface area contributed by atoms with E-state index in [9.17, 15) is 17.2 Å². The van der Waals surface area contributed by atoms with Crippen LogP contribution >= 0.6 is 11.3 Å². The quantitative estimate of drug-likeness (QED) is 0.483. The van der Waals surface area contributed by atoms with Crippen LogP contribution < -0.4 is 10.0 Å². The van der Waals surface area contributed by atoms with Crippen molar-refractivity contribution in [2.75, 3.05) is 6.54 Å². The van der Waals surface area contributed by atoms with Crippen molar-refractivity contribution in [1.82, 2.24) is 29.6 Å². The Labute approximate surface area is 205 Å². The molecule has 1 aliphatic heterocycles. The van der Waals surface area contributed by atoms with Gasteiger partial charge >= 0.3 is 0 Å². The second-order valence-corrected chi connectivity index (χ2v) is 12.7. The summed E-state index contributed by atoms with van der Waals surface area (Å²) in [6.45, 7) is 4.67. The van der Waals surface area contributed by atoms with Crippen molar-refractivity contribution >= 4 is 32.4 Å². The summed E-state index contributed by atoms with van der Waals surface area (Å²) < 4.78 is 57.9. The van der Waals surface area contributed by atoms with Gasteiger partial charge in [-0.3, -0.25) is 4.40 Å². The Morgan fingerprint density at radius 2 is 2.06 bits per heavy atom. The molecule has 12 heteroatoms. The Balaban J connectivity index is 1.60. The molecule has 4 heterocycles. The number of nitrogens with zero attached hydrogens (tertiary/aromatic N) is 4. The first-order valence-corrected chi connectivity index (χ1v) is 14.1. The van der Waals surface area contributed by atoms with Gasteiger partial charge in [0.25, 0.3) is 6.43 Å². The predicted octanol–water partition coefficient (Wildman–Crippen LogP) is 4.26. The lowest BCUT2D eigenvalue weighted by Crippen LogP contribution is -2.34. The smallest absolute Gasteiger partial charge is 0.291 e. The molecular weight excluding hydrogens is 494 g/mol. The molecule has 2 saturated carbocycles. The largest absolute Gasteiger partial charge is 0.310 e. The third-order valence-corrected chi connectivity index (χ3v) is 9.43. The maximum Gasteiger partial charge on any atom is 0.291 e. The monoisotopic (exact) mass is 520 g/mol. The second kappa shape index (κ2) is 8.12. The van der Waals surface area contributed by atoms with Gasteiger partial charge in [-0.05, 0) is 57.6 Å². The number of alkyl halides is 2. The Bertz CT molecular complexity index is 1450. The summed E-state index contributed by atoms with van der Waals surface area (Å²) in [5, 5.41) is 10.9. The van der Waals surface area contributed by atoms with E-state index in [2.05, 4.69) is 33.2 Å². The molecule has 0 aromatic carbocycles. The number of rotatable bonds is 7. The van der Waals surface area contributed by atoms with Crippen molar-refractivity contribution in [1.29, 1.82) is 0 Å². The summed E-state index contributed by atoms with van der Waals surface area (Å²) in [4.78, 5) is 4.97. The fourth-order valence-electron chi connectivity index (χ4n) is 4.58. The standard InChI is InChI=1S/C23H26F2N6O2S2/c1-12-9-14(5-8-26-12)16-10-15(35(32,33)30-23(2)6-7-23)11-31-18(16)17(13-3-4-13)27-20(31)22-29-28-21(34-22)19(24)25/h5,10-13,19,26,30H,3-4,6-9H2,1-2H3/t12-/m1/s1. The van der Waals surface area contributed by atoms with Gasteiger partial charge in [0.15, 0.2) is 15.8 Å². The van der Waals surface area contributed by atoms with Gasteiger partial charge in [-0.2, -0.15) is 0 Å². The third kappa shape index (κ3) is 4.30. The van der Waals surface area contributed by atoms with Crippen LogP contribution in [0.1, 0.15) is 74.6 Å². The zero-order chi connectivity index (χ0) is 24.5. The highest BCUT2D eigenvalue weighted by Gasteiger charge is 2.42. The van der Waals surface area contributed by atoms with Crippen LogP contribution in [0.3, 0.4) is 0 Å². The minimum atomic E-state index is -3.82. The van der Waals surface area contributed by atoms with Crippen LogP contribution in [-0.4, -0.2) is 46.1 Å². The fraction of sp³-hybridized carbons (Fsp3) is 0.522. The Kier molecular flexibility index (Phi) is 5.37. The van der Waals surface area contributed by atoms with Gasteiger partial charge in [-0.25, -0.2) is 26.9 Å². The number of fused-ring (bicyclic) bond motifs is 1. The van der Waals surface area contributed by atoms with Crippen LogP contribution in [0, 0.1) is 0 Å². The van der Waals surface area contributed by atoms with E-state index >= 15 is 0 Å². The van der Waals surface area contributed by atoms with Crippen LogP contribution in [0.25, 0.3) is 21.9 Å². The minimum Gasteiger partial charge on any atom is -0.310 e. The summed E-state index contributed by atoms with van der Waals surface area (Å²) >= 11 is 0.784. The lowest BCUT2D eigenvalue weighted by molar-refractivity contribution is 0.150. The van der Waals surface area contributed by atoms with Gasteiger partial charge < -0.3 is 5.32 Å². The van der Waals surface area contributed by atoms with Gasteiger partial charge in [0.2, 0.25) is 10.0 Å². The van der Waals surface area contributed by atoms with Gasteiger partial charge in [0, 0.05) is 35.8 Å². The summed E-state index contributed by atoms with van der Waals surface area (Å²) in [5.74, 6) is 0.607. The van der Waals surface area contributed by atoms with Crippen LogP contribution in [0.4, 0.5) is 8.78 Å². The molecule has 6 rings (SSSR count). The van der Waals surface area contributed by atoms with E-state index in [1.165, 1.54) is 0 Å². The molecule has 2 N–H and O–H groups in total. The maximum absolute atomic E-state index is 13.4. The second-order valence-electron chi connectivity index (χ2n) is 10.1. The minimum absolute atomic E-state index is 0.125. The maximum atomic E-state index is 13.4. The zero-order valence-corrected chi connectivity index (χ0v) is 21.0. The lowest BCUT2D eigenvalue weighted by Gasteiger charge is -2.23. The van der Waals surface area contributed by atoms with Crippen LogP contribution in [-0.2, 0) is 10.0 Å². The normalized spacial score (nSPS) is 22.1. The zero-order valence-electron chi connectivity index (χ0n) is 19.4. The first-order valence-electron chi connectivity index (χ1n) is 11.8. The van der Waals surface area contributed by atoms with Gasteiger partial charge in [-0.1, -0.05) is 17.4 Å². The molecule has 35 heavy (non-hydrogen) atoms. The van der Waals surface area contributed by atoms with E-state index in [1.54, 1.807) is 16.7 Å². The van der Waals surface area contributed by atoms with E-state index in [-0.39, 0.29) is 26.9 Å². The molecule has 0 radical (unpaired) electrons. The molecular formula is C23H26F2N6O2S2. The van der Waals surface area contributed by atoms with Crippen molar-refractivity contribution in [2.45, 2.75) is 74.8 Å². The van der Waals surface area contributed by atoms with Gasteiger partial charge in [-0.15, -0.1) is 10.2 Å². The van der Waals surface area contributed by atoms with Gasteiger partial charge in [0.1, 0.15) is 0 Å². The first kappa shape index (κ1) is 23.1. The van der Waals surface area contributed by atoms with Crippen molar-refractivity contribution in [3.8, 4) is 10.8 Å². The van der Waals surface area contributed by atoms with Crippen LogP contribution in [0.2, 0.25) is 0 Å². The molecule has 0 saturated heterocycles. The molecule has 3 aromatic heterocycles. The molecule has 3 aromatic rings. The number of nitrogens with one attached hydrogen (secondary N) is 2. The number of aromatic nitrogens is 4. The highest BCUT2D eigenvalue weighted by molar-refractivity contribution is 7.89. The molecule has 2 aliphatic carbocycles. The molecule has 3 aliphatic rings. The molecule has 8 nitrogen and oxygen atoms in total. The highest BCUT2D eigenvalue weighted by atomic mass is 32.2. The third-order valence-electron chi connectivity index (χ3n) is 6.90. The summed E-state index contributed by atoms with van der Waals surface area (Å²) in [6.07, 6.45) is 5.20. The molecule has 0 amide bonds. The number of pyridine rings is 1. The summed E-state index contributed by atoms with van der Waals surface area (Å²) in [5.41, 5.74) is 3.13. The number of hydrogen-bond donors (Lipinski definition) is 2. The topological polar surface area (TPSA) is 101 Å². The SMILES string of the molecule is C[C@@H]1CC(c2cc(S(=O)(=O)NC3(C)CC3)cn3c(-c4nnc(C(F)F)s4)nc(C4CC4)c23)=CCN1. The Morgan fingerprint density at radius 1 is 1.29 bits per heavy atom. The number of imidazole rings is 1. The Hall–Kier alpha value is -2.28. The molecule has 0 spiro atoms. The van der Waals surface area contributed by atoms with Gasteiger partial charge in [0.05, 0.1) is 16.1 Å². The van der Waals surface area contributed by atoms with Crippen molar-refractivity contribution in [3.63, 3.8) is 0 Å². The number of hydrogen-bond acceptors (Lipinski definition) is 7. The van der Waals surface area contributed by atoms with Crippen molar-refractivity contribution in [2.24, 2.45) is 0 Å². The van der Waals surface area contributed by atoms with E-state index in [0.29, 0.717) is 12.4 Å². The van der Waals surface area contributed by atoms with E-state index in [1.807, 2.05) is 6.92 Å². The van der Waals surface area contributed by atoms with Crippen LogP contribution in [0.5, 0.6) is 0 Å². The number of halogens is 2. The fourth-order valence-corrected chi connectivity index (χ4v) is 6.75. The van der Waals surface area contributed by atoms with E-state index in [0.717, 1.165) is 65.8 Å². The summed E-state index contributed by atoms with van der Waals surface area (Å²) in [6, 6.07) is 1.98. The molecule has 186 valence electrons. The average Bonchev–Trinajstić information content (AvgIpc) is 3.68. The summed E-state index contributed by atoms with van der Waals surface area (Å²) in [7, 11) is -3.82. The van der Waals surface area contributed by atoms with E-state index < -0.39 is 22.0 Å². The van der Waals surface area contributed by atoms with Crippen molar-refractivity contribution < 1.29 is 17.2 Å². The lowest BCUT2D eigenvalue weighted by atomic mass is 9.95.